The van der Waals surface area contributed by atoms with E-state index in [9.17, 15) is 5.11 Å². The third-order valence-electron chi connectivity index (χ3n) is 4.55. The van der Waals surface area contributed by atoms with Crippen LogP contribution in [0.5, 0.6) is 0 Å². The zero-order chi connectivity index (χ0) is 11.6. The molecular formula is C13H24O3. The van der Waals surface area contributed by atoms with Crippen LogP contribution in [0.2, 0.25) is 0 Å². The molecule has 1 saturated carbocycles. The Morgan fingerprint density at radius 1 is 1.12 bits per heavy atom. The molecule has 2 rings (SSSR count). The number of hydrogen-bond donors (Lipinski definition) is 1. The van der Waals surface area contributed by atoms with Crippen molar-refractivity contribution < 1.29 is 14.6 Å². The summed E-state index contributed by atoms with van der Waals surface area (Å²) < 4.78 is 11.4. The Bertz CT molecular complexity index is 219. The van der Waals surface area contributed by atoms with Crippen molar-refractivity contribution in [3.63, 3.8) is 0 Å². The van der Waals surface area contributed by atoms with E-state index >= 15 is 0 Å². The molecule has 3 nitrogen and oxygen atoms in total. The number of aliphatic hydroxyl groups is 1. The predicted molar refractivity (Wildman–Crippen MR) is 62.1 cm³/mol. The zero-order valence-electron chi connectivity index (χ0n) is 10.5. The van der Waals surface area contributed by atoms with Gasteiger partial charge in [0.25, 0.3) is 0 Å². The molecule has 0 atom stereocenters. The third-order valence-corrected chi connectivity index (χ3v) is 4.55. The van der Waals surface area contributed by atoms with E-state index in [-0.39, 0.29) is 5.79 Å². The average molecular weight is 228 g/mol. The number of rotatable bonds is 3. The van der Waals surface area contributed by atoms with Gasteiger partial charge in [0, 0.05) is 12.8 Å². The maximum atomic E-state index is 10.5. The SMILES string of the molecule is CCC(O)(CC)C1CCC2(CC1)OCCO2. The molecule has 0 bridgehead atoms. The predicted octanol–water partition coefficient (Wildman–Crippen LogP) is 2.47. The lowest BCUT2D eigenvalue weighted by molar-refractivity contribution is -0.194. The van der Waals surface area contributed by atoms with Crippen LogP contribution < -0.4 is 0 Å². The van der Waals surface area contributed by atoms with Crippen LogP contribution in [-0.2, 0) is 9.47 Å². The van der Waals surface area contributed by atoms with Crippen molar-refractivity contribution in [2.75, 3.05) is 13.2 Å². The van der Waals surface area contributed by atoms with Gasteiger partial charge in [0.1, 0.15) is 0 Å². The number of ether oxygens (including phenoxy) is 2. The summed E-state index contributed by atoms with van der Waals surface area (Å²) in [5.74, 6) is 0.125. The van der Waals surface area contributed by atoms with Gasteiger partial charge in [0.15, 0.2) is 5.79 Å². The molecule has 1 aliphatic carbocycles. The van der Waals surface area contributed by atoms with Crippen LogP contribution in [0.4, 0.5) is 0 Å². The number of hydrogen-bond acceptors (Lipinski definition) is 3. The van der Waals surface area contributed by atoms with Crippen molar-refractivity contribution in [3.05, 3.63) is 0 Å². The molecule has 94 valence electrons. The lowest BCUT2D eigenvalue weighted by atomic mass is 9.72. The molecule has 0 unspecified atom stereocenters. The average Bonchev–Trinajstić information content (AvgIpc) is 2.77. The first-order chi connectivity index (χ1) is 7.64. The van der Waals surface area contributed by atoms with Crippen LogP contribution in [-0.4, -0.2) is 29.7 Å². The van der Waals surface area contributed by atoms with E-state index in [2.05, 4.69) is 13.8 Å². The topological polar surface area (TPSA) is 38.7 Å². The molecule has 0 radical (unpaired) electrons. The Hall–Kier alpha value is -0.120. The highest BCUT2D eigenvalue weighted by Crippen LogP contribution is 2.43. The Labute approximate surface area is 98.1 Å². The summed E-state index contributed by atoms with van der Waals surface area (Å²) in [5, 5.41) is 10.5. The molecule has 0 amide bonds. The summed E-state index contributed by atoms with van der Waals surface area (Å²) in [6.45, 7) is 5.62. The lowest BCUT2D eigenvalue weighted by Gasteiger charge is -2.42. The zero-order valence-corrected chi connectivity index (χ0v) is 10.5. The molecule has 2 fully saturated rings. The van der Waals surface area contributed by atoms with Gasteiger partial charge in [-0.25, -0.2) is 0 Å². The van der Waals surface area contributed by atoms with Gasteiger partial charge in [-0.05, 0) is 31.6 Å². The van der Waals surface area contributed by atoms with Crippen LogP contribution in [0.1, 0.15) is 52.4 Å². The first kappa shape index (κ1) is 12.3. The second kappa shape index (κ2) is 4.63. The van der Waals surface area contributed by atoms with E-state index in [0.29, 0.717) is 5.92 Å². The Balaban J connectivity index is 1.94. The molecule has 0 aromatic heterocycles. The van der Waals surface area contributed by atoms with E-state index in [0.717, 1.165) is 51.7 Å². The fraction of sp³-hybridized carbons (Fsp3) is 1.00. The molecule has 2 aliphatic rings. The largest absolute Gasteiger partial charge is 0.390 e. The highest BCUT2D eigenvalue weighted by molar-refractivity contribution is 4.91. The van der Waals surface area contributed by atoms with Gasteiger partial charge in [0.05, 0.1) is 18.8 Å². The van der Waals surface area contributed by atoms with Crippen LogP contribution in [0.25, 0.3) is 0 Å². The van der Waals surface area contributed by atoms with Crippen LogP contribution in [0.3, 0.4) is 0 Å². The minimum absolute atomic E-state index is 0.293. The molecule has 1 saturated heterocycles. The highest BCUT2D eigenvalue weighted by atomic mass is 16.7. The van der Waals surface area contributed by atoms with Crippen LogP contribution in [0, 0.1) is 5.92 Å². The lowest BCUT2D eigenvalue weighted by Crippen LogP contribution is -2.44. The van der Waals surface area contributed by atoms with Crippen molar-refractivity contribution in [1.29, 1.82) is 0 Å². The Morgan fingerprint density at radius 3 is 2.06 bits per heavy atom. The fourth-order valence-corrected chi connectivity index (χ4v) is 3.21. The van der Waals surface area contributed by atoms with Crippen LogP contribution in [0.15, 0.2) is 0 Å². The van der Waals surface area contributed by atoms with Gasteiger partial charge >= 0.3 is 0 Å². The molecule has 1 spiro atoms. The smallest absolute Gasteiger partial charge is 0.168 e. The van der Waals surface area contributed by atoms with E-state index in [1.165, 1.54) is 0 Å². The quantitative estimate of drug-likeness (QED) is 0.806. The summed E-state index contributed by atoms with van der Waals surface area (Å²) in [4.78, 5) is 0. The molecule has 1 aliphatic heterocycles. The van der Waals surface area contributed by atoms with Crippen molar-refractivity contribution in [2.45, 2.75) is 63.8 Å². The standard InChI is InChI=1S/C13H24O3/c1-3-12(14,4-2)11-5-7-13(8-6-11)15-9-10-16-13/h11,14H,3-10H2,1-2H3. The summed E-state index contributed by atoms with van der Waals surface area (Å²) in [6.07, 6.45) is 5.64. The van der Waals surface area contributed by atoms with Crippen LogP contribution >= 0.6 is 0 Å². The molecule has 0 aromatic carbocycles. The second-order valence-corrected chi connectivity index (χ2v) is 5.19. The third kappa shape index (κ3) is 2.13. The maximum absolute atomic E-state index is 10.5. The van der Waals surface area contributed by atoms with Crippen molar-refractivity contribution in [2.24, 2.45) is 5.92 Å². The Morgan fingerprint density at radius 2 is 1.62 bits per heavy atom. The molecule has 0 aromatic rings. The van der Waals surface area contributed by atoms with E-state index in [4.69, 9.17) is 9.47 Å². The summed E-state index contributed by atoms with van der Waals surface area (Å²) in [7, 11) is 0. The normalized spacial score (nSPS) is 26.4. The first-order valence-electron chi connectivity index (χ1n) is 6.64. The molecule has 3 heteroatoms. The van der Waals surface area contributed by atoms with Crippen molar-refractivity contribution in [1.82, 2.24) is 0 Å². The first-order valence-corrected chi connectivity index (χ1v) is 6.64. The van der Waals surface area contributed by atoms with Gasteiger partial charge in [-0.3, -0.25) is 0 Å². The second-order valence-electron chi connectivity index (χ2n) is 5.19. The summed E-state index contributed by atoms with van der Waals surface area (Å²) >= 11 is 0. The summed E-state index contributed by atoms with van der Waals surface area (Å²) in [6, 6.07) is 0. The van der Waals surface area contributed by atoms with E-state index in [1.807, 2.05) is 0 Å². The fourth-order valence-electron chi connectivity index (χ4n) is 3.21. The molecule has 1 N–H and O–H groups in total. The van der Waals surface area contributed by atoms with Gasteiger partial charge in [-0.2, -0.15) is 0 Å². The highest BCUT2D eigenvalue weighted by Gasteiger charge is 2.44. The van der Waals surface area contributed by atoms with Crippen molar-refractivity contribution in [3.8, 4) is 0 Å². The van der Waals surface area contributed by atoms with Gasteiger partial charge in [0.2, 0.25) is 0 Å². The van der Waals surface area contributed by atoms with Gasteiger partial charge in [-0.15, -0.1) is 0 Å². The Kier molecular flexibility index (Phi) is 3.57. The van der Waals surface area contributed by atoms with Crippen molar-refractivity contribution >= 4 is 0 Å². The van der Waals surface area contributed by atoms with Gasteiger partial charge in [-0.1, -0.05) is 13.8 Å². The van der Waals surface area contributed by atoms with E-state index in [1.54, 1.807) is 0 Å². The minimum atomic E-state index is -0.472. The van der Waals surface area contributed by atoms with Gasteiger partial charge < -0.3 is 14.6 Å². The molecule has 1 heterocycles. The molecular weight excluding hydrogens is 204 g/mol. The molecule has 16 heavy (non-hydrogen) atoms. The monoisotopic (exact) mass is 228 g/mol. The summed E-state index contributed by atoms with van der Waals surface area (Å²) in [5.41, 5.74) is -0.472. The minimum Gasteiger partial charge on any atom is -0.390 e. The van der Waals surface area contributed by atoms with E-state index < -0.39 is 5.60 Å². The maximum Gasteiger partial charge on any atom is 0.168 e.